The van der Waals surface area contributed by atoms with Crippen LogP contribution in [0.3, 0.4) is 0 Å². The molecule has 0 heterocycles. The highest BCUT2D eigenvalue weighted by Gasteiger charge is 2.12. The van der Waals surface area contributed by atoms with Gasteiger partial charge in [-0.15, -0.1) is 0 Å². The largest absolute Gasteiger partial charge is 0.494 e. The van der Waals surface area contributed by atoms with Crippen LogP contribution in [0.15, 0.2) is 103 Å². The summed E-state index contributed by atoms with van der Waals surface area (Å²) in [5, 5.41) is 0.732. The van der Waals surface area contributed by atoms with Gasteiger partial charge in [0.2, 0.25) is 0 Å². The molecule has 0 spiro atoms. The Morgan fingerprint density at radius 2 is 1.11 bits per heavy atom. The molecule has 4 aromatic carbocycles. The number of hydrogen-bond donors (Lipinski definition) is 0. The second kappa shape index (κ2) is 14.6. The van der Waals surface area contributed by atoms with Gasteiger partial charge in [0.15, 0.2) is 0 Å². The minimum atomic E-state index is 0.732. The Bertz CT molecular complexity index is 1200. The summed E-state index contributed by atoms with van der Waals surface area (Å²) in [7, 11) is 0. The van der Waals surface area contributed by atoms with Gasteiger partial charge in [0.1, 0.15) is 5.75 Å². The molecule has 4 aromatic rings. The SMILES string of the molecule is CCCN(CCC)CCCCOc1ccc(-c2ccc(N(c3ccccc3)c3ccc(Cl)cc3)cc2)cc1. The van der Waals surface area contributed by atoms with Crippen molar-refractivity contribution in [3.05, 3.63) is 108 Å². The summed E-state index contributed by atoms with van der Waals surface area (Å²) >= 11 is 6.15. The van der Waals surface area contributed by atoms with E-state index in [-0.39, 0.29) is 0 Å². The average Bonchev–Trinajstić information content (AvgIpc) is 2.96. The maximum Gasteiger partial charge on any atom is 0.119 e. The predicted molar refractivity (Wildman–Crippen MR) is 163 cm³/mol. The van der Waals surface area contributed by atoms with E-state index in [1.165, 1.54) is 50.0 Å². The maximum absolute atomic E-state index is 6.15. The molecule has 0 aliphatic carbocycles. The molecule has 0 bridgehead atoms. The molecule has 0 fully saturated rings. The van der Waals surface area contributed by atoms with Crippen LogP contribution in [0.4, 0.5) is 17.1 Å². The Labute approximate surface area is 233 Å². The Balaban J connectivity index is 1.37. The first kappa shape index (κ1) is 27.8. The smallest absolute Gasteiger partial charge is 0.119 e. The lowest BCUT2D eigenvalue weighted by Crippen LogP contribution is -2.26. The zero-order valence-corrected chi connectivity index (χ0v) is 23.4. The maximum atomic E-state index is 6.15. The van der Waals surface area contributed by atoms with E-state index in [1.807, 2.05) is 30.3 Å². The van der Waals surface area contributed by atoms with E-state index < -0.39 is 0 Å². The van der Waals surface area contributed by atoms with Crippen LogP contribution in [0.25, 0.3) is 11.1 Å². The number of para-hydroxylation sites is 1. The lowest BCUT2D eigenvalue weighted by atomic mass is 10.0. The van der Waals surface area contributed by atoms with Gasteiger partial charge in [-0.3, -0.25) is 0 Å². The zero-order chi connectivity index (χ0) is 26.6. The van der Waals surface area contributed by atoms with Gasteiger partial charge in [-0.25, -0.2) is 0 Å². The van der Waals surface area contributed by atoms with Gasteiger partial charge >= 0.3 is 0 Å². The van der Waals surface area contributed by atoms with Crippen molar-refractivity contribution in [2.24, 2.45) is 0 Å². The third kappa shape index (κ3) is 7.86. The summed E-state index contributed by atoms with van der Waals surface area (Å²) < 4.78 is 6.02. The Hall–Kier alpha value is -3.27. The van der Waals surface area contributed by atoms with E-state index in [9.17, 15) is 0 Å². The van der Waals surface area contributed by atoms with Crippen LogP contribution in [-0.2, 0) is 0 Å². The van der Waals surface area contributed by atoms with Crippen LogP contribution in [0.1, 0.15) is 39.5 Å². The number of halogens is 1. The second-order valence-electron chi connectivity index (χ2n) is 9.62. The monoisotopic (exact) mass is 526 g/mol. The van der Waals surface area contributed by atoms with Gasteiger partial charge in [0.05, 0.1) is 6.61 Å². The van der Waals surface area contributed by atoms with E-state index in [1.54, 1.807) is 0 Å². The van der Waals surface area contributed by atoms with Gasteiger partial charge < -0.3 is 14.5 Å². The molecule has 198 valence electrons. The standard InChI is InChI=1S/C34H39ClN2O/c1-3-24-36(25-4-2)26-8-9-27-38-34-22-14-29(15-23-34)28-12-18-32(19-13-28)37(31-10-6-5-7-11-31)33-20-16-30(35)17-21-33/h5-7,10-23H,3-4,8-9,24-27H2,1-2H3. The molecule has 0 aliphatic heterocycles. The molecule has 4 heteroatoms. The van der Waals surface area contributed by atoms with E-state index >= 15 is 0 Å². The Kier molecular flexibility index (Phi) is 10.7. The molecule has 0 saturated heterocycles. The lowest BCUT2D eigenvalue weighted by molar-refractivity contribution is 0.250. The summed E-state index contributed by atoms with van der Waals surface area (Å²) in [4.78, 5) is 4.80. The molecule has 0 aliphatic rings. The third-order valence-electron chi connectivity index (χ3n) is 6.63. The highest BCUT2D eigenvalue weighted by Crippen LogP contribution is 2.36. The van der Waals surface area contributed by atoms with Crippen LogP contribution < -0.4 is 9.64 Å². The number of anilines is 3. The fraction of sp³-hybridized carbons (Fsp3) is 0.294. The highest BCUT2D eigenvalue weighted by molar-refractivity contribution is 6.30. The van der Waals surface area contributed by atoms with E-state index in [2.05, 4.69) is 96.4 Å². The molecule has 0 atom stereocenters. The van der Waals surface area contributed by atoms with E-state index in [0.717, 1.165) is 40.9 Å². The molecule has 0 radical (unpaired) electrons. The molecular formula is C34H39ClN2O. The summed E-state index contributed by atoms with van der Waals surface area (Å²) in [5.74, 6) is 0.933. The molecule has 3 nitrogen and oxygen atoms in total. The number of hydrogen-bond acceptors (Lipinski definition) is 3. The lowest BCUT2D eigenvalue weighted by Gasteiger charge is -2.25. The van der Waals surface area contributed by atoms with Crippen molar-refractivity contribution >= 4 is 28.7 Å². The molecule has 0 amide bonds. The van der Waals surface area contributed by atoms with Crippen LogP contribution in [-0.4, -0.2) is 31.1 Å². The summed E-state index contributed by atoms with van der Waals surface area (Å²) in [6, 6.07) is 35.5. The molecule has 4 rings (SSSR count). The van der Waals surface area contributed by atoms with Crippen molar-refractivity contribution in [3.63, 3.8) is 0 Å². The van der Waals surface area contributed by atoms with Gasteiger partial charge in [0, 0.05) is 22.1 Å². The van der Waals surface area contributed by atoms with Crippen LogP contribution in [0.5, 0.6) is 5.75 Å². The molecule has 0 unspecified atom stereocenters. The first-order chi connectivity index (χ1) is 18.7. The van der Waals surface area contributed by atoms with Gasteiger partial charge in [0.25, 0.3) is 0 Å². The van der Waals surface area contributed by atoms with Gasteiger partial charge in [-0.1, -0.05) is 67.9 Å². The van der Waals surface area contributed by atoms with Crippen molar-refractivity contribution in [1.29, 1.82) is 0 Å². The molecular weight excluding hydrogens is 488 g/mol. The van der Waals surface area contributed by atoms with Crippen molar-refractivity contribution in [1.82, 2.24) is 4.90 Å². The van der Waals surface area contributed by atoms with E-state index in [0.29, 0.717) is 0 Å². The third-order valence-corrected chi connectivity index (χ3v) is 6.88. The summed E-state index contributed by atoms with van der Waals surface area (Å²) in [6.45, 7) is 8.83. The van der Waals surface area contributed by atoms with Crippen molar-refractivity contribution < 1.29 is 4.74 Å². The predicted octanol–water partition coefficient (Wildman–Crippen LogP) is 9.76. The number of nitrogens with zero attached hydrogens (tertiary/aromatic N) is 2. The minimum Gasteiger partial charge on any atom is -0.494 e. The fourth-order valence-electron chi connectivity index (χ4n) is 4.76. The first-order valence-corrected chi connectivity index (χ1v) is 14.2. The zero-order valence-electron chi connectivity index (χ0n) is 22.7. The van der Waals surface area contributed by atoms with Gasteiger partial charge in [-0.2, -0.15) is 0 Å². The van der Waals surface area contributed by atoms with Crippen molar-refractivity contribution in [3.8, 4) is 16.9 Å². The number of rotatable bonds is 14. The van der Waals surface area contributed by atoms with Crippen molar-refractivity contribution in [2.45, 2.75) is 39.5 Å². The van der Waals surface area contributed by atoms with Crippen molar-refractivity contribution in [2.75, 3.05) is 31.1 Å². The highest BCUT2D eigenvalue weighted by atomic mass is 35.5. The summed E-state index contributed by atoms with van der Waals surface area (Å²) in [6.07, 6.45) is 4.71. The number of unbranched alkanes of at least 4 members (excludes halogenated alkanes) is 1. The topological polar surface area (TPSA) is 15.7 Å². The Morgan fingerprint density at radius 3 is 1.68 bits per heavy atom. The molecule has 0 N–H and O–H groups in total. The van der Waals surface area contributed by atoms with Crippen LogP contribution in [0.2, 0.25) is 5.02 Å². The molecule has 0 aromatic heterocycles. The summed E-state index contributed by atoms with van der Waals surface area (Å²) in [5.41, 5.74) is 5.62. The fourth-order valence-corrected chi connectivity index (χ4v) is 4.88. The van der Waals surface area contributed by atoms with Crippen LogP contribution in [0, 0.1) is 0 Å². The number of benzene rings is 4. The van der Waals surface area contributed by atoms with Gasteiger partial charge in [-0.05, 0) is 117 Å². The Morgan fingerprint density at radius 1 is 0.579 bits per heavy atom. The van der Waals surface area contributed by atoms with E-state index in [4.69, 9.17) is 16.3 Å². The molecule has 38 heavy (non-hydrogen) atoms. The van der Waals surface area contributed by atoms with Crippen LogP contribution >= 0.6 is 11.6 Å². The first-order valence-electron chi connectivity index (χ1n) is 13.8. The average molecular weight is 527 g/mol. The molecule has 0 saturated carbocycles. The minimum absolute atomic E-state index is 0.732. The normalized spacial score (nSPS) is 11.1. The second-order valence-corrected chi connectivity index (χ2v) is 10.1. The number of ether oxygens (including phenoxy) is 1. The quantitative estimate of drug-likeness (QED) is 0.152.